The molecule has 5 rings (SSSR count). The molecule has 0 spiro atoms. The summed E-state index contributed by atoms with van der Waals surface area (Å²) in [7, 11) is 0. The second-order valence-electron chi connectivity index (χ2n) is 8.13. The fraction of sp³-hybridized carbons (Fsp3) is 0.409. The van der Waals surface area contributed by atoms with Gasteiger partial charge in [0.15, 0.2) is 5.82 Å². The van der Waals surface area contributed by atoms with Crippen LogP contribution in [0.4, 0.5) is 14.5 Å². The zero-order valence-corrected chi connectivity index (χ0v) is 17.0. The highest BCUT2D eigenvalue weighted by atomic mass is 19.1. The van der Waals surface area contributed by atoms with Crippen molar-refractivity contribution in [3.05, 3.63) is 60.3 Å². The highest BCUT2D eigenvalue weighted by Gasteiger charge is 2.42. The second kappa shape index (κ2) is 8.22. The molecule has 7 nitrogen and oxygen atoms in total. The van der Waals surface area contributed by atoms with E-state index < -0.39 is 0 Å². The summed E-state index contributed by atoms with van der Waals surface area (Å²) in [5.41, 5.74) is 1.76. The van der Waals surface area contributed by atoms with Gasteiger partial charge in [0.1, 0.15) is 11.5 Å². The Kier molecular flexibility index (Phi) is 5.27. The van der Waals surface area contributed by atoms with Gasteiger partial charge in [-0.05, 0) is 31.0 Å². The summed E-state index contributed by atoms with van der Waals surface area (Å²) in [4.78, 5) is 24.8. The SMILES string of the molecule is O=C(CCNCc1c(F)ccc2nccn12)N1CC2CCC(C1)N2c1ccncc1F. The van der Waals surface area contributed by atoms with Crippen molar-refractivity contribution < 1.29 is 13.6 Å². The maximum absolute atomic E-state index is 14.2. The summed E-state index contributed by atoms with van der Waals surface area (Å²) >= 11 is 0. The zero-order chi connectivity index (χ0) is 21.4. The molecule has 9 heteroatoms. The lowest BCUT2D eigenvalue weighted by Gasteiger charge is -2.42. The van der Waals surface area contributed by atoms with Crippen LogP contribution in [0, 0.1) is 11.6 Å². The van der Waals surface area contributed by atoms with E-state index in [4.69, 9.17) is 0 Å². The molecule has 2 saturated heterocycles. The lowest BCUT2D eigenvalue weighted by atomic mass is 10.1. The highest BCUT2D eigenvalue weighted by molar-refractivity contribution is 5.77. The number of fused-ring (bicyclic) bond motifs is 3. The number of piperazine rings is 1. The van der Waals surface area contributed by atoms with Gasteiger partial charge in [0.05, 0.1) is 17.6 Å². The number of halogens is 2. The minimum atomic E-state index is -0.316. The van der Waals surface area contributed by atoms with E-state index in [-0.39, 0.29) is 29.6 Å². The molecule has 2 aliphatic heterocycles. The number of nitrogens with zero attached hydrogens (tertiary/aromatic N) is 5. The number of hydrogen-bond donors (Lipinski definition) is 1. The minimum Gasteiger partial charge on any atom is -0.360 e. The van der Waals surface area contributed by atoms with E-state index in [1.807, 2.05) is 4.90 Å². The van der Waals surface area contributed by atoms with Gasteiger partial charge < -0.3 is 15.1 Å². The van der Waals surface area contributed by atoms with Crippen LogP contribution in [0.25, 0.3) is 5.65 Å². The first kappa shape index (κ1) is 19.9. The Balaban J connectivity index is 1.16. The number of imidazole rings is 1. The predicted molar refractivity (Wildman–Crippen MR) is 112 cm³/mol. The van der Waals surface area contributed by atoms with Gasteiger partial charge in [-0.15, -0.1) is 0 Å². The van der Waals surface area contributed by atoms with Crippen molar-refractivity contribution in [2.24, 2.45) is 0 Å². The Labute approximate surface area is 178 Å². The summed E-state index contributed by atoms with van der Waals surface area (Å²) in [5.74, 6) is -0.551. The van der Waals surface area contributed by atoms with Crippen molar-refractivity contribution in [2.45, 2.75) is 37.9 Å². The van der Waals surface area contributed by atoms with Crippen molar-refractivity contribution in [1.82, 2.24) is 24.6 Å². The van der Waals surface area contributed by atoms with Crippen LogP contribution in [-0.2, 0) is 11.3 Å². The van der Waals surface area contributed by atoms with Gasteiger partial charge >= 0.3 is 0 Å². The molecule has 2 bridgehead atoms. The van der Waals surface area contributed by atoms with Gasteiger partial charge in [-0.2, -0.15) is 0 Å². The Morgan fingerprint density at radius 1 is 1.10 bits per heavy atom. The number of rotatable bonds is 6. The van der Waals surface area contributed by atoms with Crippen LogP contribution >= 0.6 is 0 Å². The van der Waals surface area contributed by atoms with Gasteiger partial charge in [0, 0.05) is 63.3 Å². The van der Waals surface area contributed by atoms with E-state index in [1.54, 1.807) is 35.1 Å². The van der Waals surface area contributed by atoms with E-state index in [0.29, 0.717) is 49.6 Å². The smallest absolute Gasteiger partial charge is 0.223 e. The molecule has 3 aromatic rings. The summed E-state index contributed by atoms with van der Waals surface area (Å²) in [5, 5.41) is 3.17. The summed E-state index contributed by atoms with van der Waals surface area (Å²) < 4.78 is 30.1. The summed E-state index contributed by atoms with van der Waals surface area (Å²) in [6.45, 7) is 1.96. The van der Waals surface area contributed by atoms with Crippen molar-refractivity contribution in [3.63, 3.8) is 0 Å². The molecule has 162 valence electrons. The van der Waals surface area contributed by atoms with Crippen LogP contribution in [0.3, 0.4) is 0 Å². The summed E-state index contributed by atoms with van der Waals surface area (Å²) in [6.07, 6.45) is 8.43. The Hall–Kier alpha value is -3.07. The number of amides is 1. The predicted octanol–water partition coefficient (Wildman–Crippen LogP) is 2.37. The fourth-order valence-corrected chi connectivity index (χ4v) is 4.83. The number of carbonyl (C=O) groups excluding carboxylic acids is 1. The molecular weight excluding hydrogens is 402 g/mol. The molecule has 0 aliphatic carbocycles. The van der Waals surface area contributed by atoms with E-state index in [2.05, 4.69) is 20.2 Å². The Morgan fingerprint density at radius 3 is 2.68 bits per heavy atom. The molecular formula is C22H24F2N6O. The van der Waals surface area contributed by atoms with Gasteiger partial charge in [-0.3, -0.25) is 14.2 Å². The largest absolute Gasteiger partial charge is 0.360 e. The van der Waals surface area contributed by atoms with Crippen LogP contribution in [0.1, 0.15) is 25.0 Å². The van der Waals surface area contributed by atoms with Gasteiger partial charge in [-0.1, -0.05) is 0 Å². The number of carbonyl (C=O) groups is 1. The third-order valence-electron chi connectivity index (χ3n) is 6.29. The molecule has 2 atom stereocenters. The molecule has 2 aliphatic rings. The normalized spacial score (nSPS) is 20.6. The third-order valence-corrected chi connectivity index (χ3v) is 6.29. The van der Waals surface area contributed by atoms with Crippen LogP contribution in [0.15, 0.2) is 43.0 Å². The number of likely N-dealkylation sites (tertiary alicyclic amines) is 1. The fourth-order valence-electron chi connectivity index (χ4n) is 4.83. The highest BCUT2D eigenvalue weighted by Crippen LogP contribution is 2.36. The Bertz CT molecular complexity index is 1090. The average molecular weight is 426 g/mol. The van der Waals surface area contributed by atoms with Crippen molar-refractivity contribution in [1.29, 1.82) is 0 Å². The molecule has 1 amide bonds. The average Bonchev–Trinajstić information content (AvgIpc) is 3.34. The minimum absolute atomic E-state index is 0.0700. The van der Waals surface area contributed by atoms with Crippen LogP contribution in [-0.4, -0.2) is 56.9 Å². The maximum atomic E-state index is 14.2. The number of pyridine rings is 2. The molecule has 31 heavy (non-hydrogen) atoms. The first-order valence-corrected chi connectivity index (χ1v) is 10.6. The van der Waals surface area contributed by atoms with Crippen molar-refractivity contribution >= 4 is 17.2 Å². The number of hydrogen-bond acceptors (Lipinski definition) is 5. The van der Waals surface area contributed by atoms with E-state index in [9.17, 15) is 13.6 Å². The standard InChI is InChI=1S/C22H24F2N6O/c23-17-3-4-21-27-9-10-29(21)20(17)12-26-8-6-22(31)28-13-15-1-2-16(14-28)30(15)19-5-7-25-11-18(19)24/h3-5,7,9-11,15-16,26H,1-2,6,8,12-14H2. The van der Waals surface area contributed by atoms with E-state index in [1.165, 1.54) is 12.3 Å². The van der Waals surface area contributed by atoms with Crippen molar-refractivity contribution in [3.8, 4) is 0 Å². The zero-order valence-electron chi connectivity index (χ0n) is 17.0. The first-order chi connectivity index (χ1) is 15.1. The van der Waals surface area contributed by atoms with Gasteiger partial charge in [0.25, 0.3) is 0 Å². The molecule has 1 N–H and O–H groups in total. The van der Waals surface area contributed by atoms with Crippen LogP contribution in [0.5, 0.6) is 0 Å². The van der Waals surface area contributed by atoms with E-state index in [0.717, 1.165) is 12.8 Å². The van der Waals surface area contributed by atoms with Crippen molar-refractivity contribution in [2.75, 3.05) is 24.5 Å². The quantitative estimate of drug-likeness (QED) is 0.613. The lowest BCUT2D eigenvalue weighted by molar-refractivity contribution is -0.132. The van der Waals surface area contributed by atoms with Gasteiger partial charge in [-0.25, -0.2) is 13.8 Å². The summed E-state index contributed by atoms with van der Waals surface area (Å²) in [6, 6.07) is 5.00. The van der Waals surface area contributed by atoms with Crippen LogP contribution < -0.4 is 10.2 Å². The second-order valence-corrected chi connectivity index (χ2v) is 8.13. The van der Waals surface area contributed by atoms with E-state index >= 15 is 0 Å². The van der Waals surface area contributed by atoms with Gasteiger partial charge in [0.2, 0.25) is 5.91 Å². The molecule has 0 saturated carbocycles. The molecule has 2 unspecified atom stereocenters. The molecule has 0 radical (unpaired) electrons. The molecule has 5 heterocycles. The topological polar surface area (TPSA) is 65.8 Å². The van der Waals surface area contributed by atoms with Crippen LogP contribution in [0.2, 0.25) is 0 Å². The third kappa shape index (κ3) is 3.74. The number of nitrogens with one attached hydrogen (secondary N) is 1. The maximum Gasteiger partial charge on any atom is 0.223 e. The lowest BCUT2D eigenvalue weighted by Crippen LogP contribution is -2.56. The number of anilines is 1. The molecule has 2 fully saturated rings. The molecule has 0 aromatic carbocycles. The first-order valence-electron chi connectivity index (χ1n) is 10.6. The monoisotopic (exact) mass is 426 g/mol. The molecule has 3 aromatic heterocycles. The number of aromatic nitrogens is 3. The Morgan fingerprint density at radius 2 is 1.90 bits per heavy atom.